The van der Waals surface area contributed by atoms with Crippen molar-refractivity contribution in [1.82, 2.24) is 9.55 Å². The van der Waals surface area contributed by atoms with Gasteiger partial charge < -0.3 is 4.57 Å². The van der Waals surface area contributed by atoms with Gasteiger partial charge in [-0.15, -0.1) is 0 Å². The van der Waals surface area contributed by atoms with Crippen molar-refractivity contribution < 1.29 is 5.11 Å². The maximum Gasteiger partial charge on any atom is 0.101 e. The van der Waals surface area contributed by atoms with Crippen molar-refractivity contribution in [2.45, 2.75) is 0 Å². The Labute approximate surface area is 88.3 Å². The molecular formula is C12H11N2O. The molecule has 0 unspecified atom stereocenters. The largest absolute Gasteiger partial charge is 0.306 e. The first-order valence-corrected chi connectivity index (χ1v) is 4.73. The Morgan fingerprint density at radius 2 is 2.07 bits per heavy atom. The number of nitrogens with zero attached hydrogens (tertiary/aromatic N) is 2. The highest BCUT2D eigenvalue weighted by atomic mass is 16.2. The van der Waals surface area contributed by atoms with Gasteiger partial charge in [0, 0.05) is 18.1 Å². The van der Waals surface area contributed by atoms with Gasteiger partial charge >= 0.3 is 0 Å². The molecule has 0 saturated heterocycles. The first kappa shape index (κ1) is 9.68. The summed E-state index contributed by atoms with van der Waals surface area (Å²) < 4.78 is 1.93. The van der Waals surface area contributed by atoms with Crippen molar-refractivity contribution in [3.63, 3.8) is 0 Å². The van der Waals surface area contributed by atoms with Crippen molar-refractivity contribution in [2.75, 3.05) is 6.61 Å². The molecule has 3 nitrogen and oxygen atoms in total. The van der Waals surface area contributed by atoms with Crippen molar-refractivity contribution >= 4 is 6.08 Å². The molecule has 75 valence electrons. The molecule has 2 rings (SSSR count). The van der Waals surface area contributed by atoms with Crippen LogP contribution in [0, 0.1) is 0 Å². The van der Waals surface area contributed by atoms with E-state index in [4.69, 9.17) is 0 Å². The van der Waals surface area contributed by atoms with E-state index in [-0.39, 0.29) is 6.61 Å². The third-order valence-electron chi connectivity index (χ3n) is 2.10. The van der Waals surface area contributed by atoms with Gasteiger partial charge in [-0.2, -0.15) is 0 Å². The molecule has 0 aliphatic heterocycles. The van der Waals surface area contributed by atoms with E-state index < -0.39 is 0 Å². The fraction of sp³-hybridized carbons (Fsp3) is 0.0833. The summed E-state index contributed by atoms with van der Waals surface area (Å²) in [5, 5.41) is 10.3. The zero-order chi connectivity index (χ0) is 10.5. The average molecular weight is 199 g/mol. The average Bonchev–Trinajstić information content (AvgIpc) is 2.80. The minimum atomic E-state index is -0.177. The summed E-state index contributed by atoms with van der Waals surface area (Å²) in [5.74, 6) is 0. The molecule has 2 aromatic rings. The predicted molar refractivity (Wildman–Crippen MR) is 58.2 cm³/mol. The quantitative estimate of drug-likeness (QED) is 0.747. The van der Waals surface area contributed by atoms with E-state index in [0.717, 1.165) is 11.3 Å². The third kappa shape index (κ3) is 2.33. The van der Waals surface area contributed by atoms with Crippen molar-refractivity contribution in [3.8, 4) is 5.69 Å². The molecule has 1 aromatic heterocycles. The Kier molecular flexibility index (Phi) is 2.95. The van der Waals surface area contributed by atoms with Crippen molar-refractivity contribution in [2.24, 2.45) is 0 Å². The Morgan fingerprint density at radius 3 is 2.67 bits per heavy atom. The zero-order valence-corrected chi connectivity index (χ0v) is 8.21. The van der Waals surface area contributed by atoms with Crippen LogP contribution in [-0.2, 0) is 5.11 Å². The van der Waals surface area contributed by atoms with Crippen LogP contribution in [0.1, 0.15) is 5.56 Å². The van der Waals surface area contributed by atoms with E-state index in [1.165, 1.54) is 0 Å². The maximum atomic E-state index is 10.3. The van der Waals surface area contributed by atoms with Crippen LogP contribution in [0.3, 0.4) is 0 Å². The van der Waals surface area contributed by atoms with Crippen molar-refractivity contribution in [1.29, 1.82) is 0 Å². The first-order valence-electron chi connectivity index (χ1n) is 4.73. The van der Waals surface area contributed by atoms with Gasteiger partial charge in [-0.1, -0.05) is 24.3 Å². The fourth-order valence-corrected chi connectivity index (χ4v) is 1.35. The molecule has 15 heavy (non-hydrogen) atoms. The van der Waals surface area contributed by atoms with Crippen LogP contribution in [0.5, 0.6) is 0 Å². The smallest absolute Gasteiger partial charge is 0.101 e. The first-order chi connectivity index (χ1) is 7.40. The number of benzene rings is 1. The Bertz CT molecular complexity index is 429. The summed E-state index contributed by atoms with van der Waals surface area (Å²) in [6.07, 6.45) is 8.81. The monoisotopic (exact) mass is 199 g/mol. The highest BCUT2D eigenvalue weighted by molar-refractivity contribution is 5.51. The lowest BCUT2D eigenvalue weighted by Crippen LogP contribution is -1.88. The van der Waals surface area contributed by atoms with Gasteiger partial charge in [0.1, 0.15) is 6.61 Å². The highest BCUT2D eigenvalue weighted by Gasteiger charge is 1.93. The topological polar surface area (TPSA) is 37.7 Å². The SMILES string of the molecule is [O]C/C=C/c1ccc(-n2ccnc2)cc1. The van der Waals surface area contributed by atoms with Crippen LogP contribution in [0.25, 0.3) is 11.8 Å². The molecule has 1 aromatic carbocycles. The van der Waals surface area contributed by atoms with Gasteiger partial charge in [0.25, 0.3) is 0 Å². The molecule has 0 spiro atoms. The molecule has 1 radical (unpaired) electrons. The van der Waals surface area contributed by atoms with Gasteiger partial charge in [0.05, 0.1) is 6.33 Å². The lowest BCUT2D eigenvalue weighted by Gasteiger charge is -2.01. The van der Waals surface area contributed by atoms with E-state index in [2.05, 4.69) is 4.98 Å². The molecule has 0 fully saturated rings. The number of rotatable bonds is 3. The molecule has 0 N–H and O–H groups in total. The second-order valence-corrected chi connectivity index (χ2v) is 3.13. The minimum Gasteiger partial charge on any atom is -0.306 e. The second-order valence-electron chi connectivity index (χ2n) is 3.13. The van der Waals surface area contributed by atoms with Gasteiger partial charge in [-0.3, -0.25) is 0 Å². The normalized spacial score (nSPS) is 11.0. The lowest BCUT2D eigenvalue weighted by atomic mass is 10.2. The van der Waals surface area contributed by atoms with E-state index in [0.29, 0.717) is 0 Å². The second kappa shape index (κ2) is 4.57. The molecule has 0 aliphatic rings. The van der Waals surface area contributed by atoms with E-state index >= 15 is 0 Å². The number of aromatic nitrogens is 2. The number of imidazole rings is 1. The summed E-state index contributed by atoms with van der Waals surface area (Å²) in [5.41, 5.74) is 2.10. The molecule has 0 saturated carbocycles. The van der Waals surface area contributed by atoms with Gasteiger partial charge in [-0.25, -0.2) is 10.1 Å². The maximum absolute atomic E-state index is 10.3. The van der Waals surface area contributed by atoms with Crippen LogP contribution in [0.4, 0.5) is 0 Å². The molecule has 3 heteroatoms. The highest BCUT2D eigenvalue weighted by Crippen LogP contribution is 2.10. The minimum absolute atomic E-state index is 0.177. The Hall–Kier alpha value is -1.87. The Balaban J connectivity index is 2.21. The summed E-state index contributed by atoms with van der Waals surface area (Å²) in [6.45, 7) is -0.177. The van der Waals surface area contributed by atoms with Gasteiger partial charge in [0.2, 0.25) is 0 Å². The van der Waals surface area contributed by atoms with Crippen LogP contribution in [-0.4, -0.2) is 16.2 Å². The van der Waals surface area contributed by atoms with Crippen LogP contribution >= 0.6 is 0 Å². The molecule has 0 atom stereocenters. The zero-order valence-electron chi connectivity index (χ0n) is 8.21. The predicted octanol–water partition coefficient (Wildman–Crippen LogP) is 2.32. The number of hydrogen-bond acceptors (Lipinski definition) is 1. The summed E-state index contributed by atoms with van der Waals surface area (Å²) in [4.78, 5) is 3.98. The molecule has 1 heterocycles. The standard InChI is InChI=1S/C12H11N2O/c15-9-1-2-11-3-5-12(6-4-11)14-8-7-13-10-14/h1-8,10H,9H2/b2-1+. The summed E-state index contributed by atoms with van der Waals surface area (Å²) in [6, 6.07) is 7.93. The van der Waals surface area contributed by atoms with Gasteiger partial charge in [0.15, 0.2) is 0 Å². The number of hydrogen-bond donors (Lipinski definition) is 0. The fourth-order valence-electron chi connectivity index (χ4n) is 1.35. The summed E-state index contributed by atoms with van der Waals surface area (Å²) >= 11 is 0. The van der Waals surface area contributed by atoms with Crippen LogP contribution in [0.2, 0.25) is 0 Å². The third-order valence-corrected chi connectivity index (χ3v) is 2.10. The summed E-state index contributed by atoms with van der Waals surface area (Å²) in [7, 11) is 0. The Morgan fingerprint density at radius 1 is 1.27 bits per heavy atom. The molecular weight excluding hydrogens is 188 g/mol. The molecule has 0 aliphatic carbocycles. The molecule has 0 bridgehead atoms. The van der Waals surface area contributed by atoms with E-state index in [9.17, 15) is 5.11 Å². The van der Waals surface area contributed by atoms with Gasteiger partial charge in [-0.05, 0) is 17.7 Å². The lowest BCUT2D eigenvalue weighted by molar-refractivity contribution is 0.233. The van der Waals surface area contributed by atoms with E-state index in [1.54, 1.807) is 18.6 Å². The molecule has 0 amide bonds. The van der Waals surface area contributed by atoms with Crippen LogP contribution < -0.4 is 0 Å². The van der Waals surface area contributed by atoms with E-state index in [1.807, 2.05) is 41.1 Å². The van der Waals surface area contributed by atoms with Crippen molar-refractivity contribution in [3.05, 3.63) is 54.6 Å². The van der Waals surface area contributed by atoms with Crippen LogP contribution in [0.15, 0.2) is 49.1 Å².